The van der Waals surface area contributed by atoms with Crippen LogP contribution < -0.4 is 0 Å². The highest BCUT2D eigenvalue weighted by Crippen LogP contribution is 2.35. The predicted molar refractivity (Wildman–Crippen MR) is 47.8 cm³/mol. The molecule has 2 heterocycles. The van der Waals surface area contributed by atoms with E-state index in [0.29, 0.717) is 5.54 Å². The van der Waals surface area contributed by atoms with E-state index in [-0.39, 0.29) is 0 Å². The summed E-state index contributed by atoms with van der Waals surface area (Å²) in [4.78, 5) is 2.42. The van der Waals surface area contributed by atoms with Gasteiger partial charge in [-0.05, 0) is 25.8 Å². The summed E-state index contributed by atoms with van der Waals surface area (Å²) in [7, 11) is 0. The topological polar surface area (TPSA) is 12.5 Å². The third-order valence-corrected chi connectivity index (χ3v) is 3.11. The minimum atomic E-state index is 0.326. The van der Waals surface area contributed by atoms with Gasteiger partial charge in [-0.3, -0.25) is 4.90 Å². The van der Waals surface area contributed by atoms with Crippen LogP contribution in [0.25, 0.3) is 0 Å². The highest BCUT2D eigenvalue weighted by molar-refractivity contribution is 5.02. The molecule has 0 aromatic rings. The lowest BCUT2D eigenvalue weighted by atomic mass is 9.95. The van der Waals surface area contributed by atoms with Crippen LogP contribution in [0.1, 0.15) is 19.3 Å². The monoisotopic (exact) mass is 165 g/mol. The molecule has 0 bridgehead atoms. The maximum atomic E-state index is 5.45. The van der Waals surface area contributed by atoms with Gasteiger partial charge in [0.05, 0.1) is 13.2 Å². The summed E-state index contributed by atoms with van der Waals surface area (Å²) < 4.78 is 5.45. The number of hydrogen-bond donors (Lipinski definition) is 0. The maximum Gasteiger partial charge on any atom is 0.0651 e. The lowest BCUT2D eigenvalue weighted by Gasteiger charge is -2.31. The Morgan fingerprint density at radius 3 is 3.08 bits per heavy atom. The van der Waals surface area contributed by atoms with Crippen LogP contribution in [-0.4, -0.2) is 36.7 Å². The van der Waals surface area contributed by atoms with Crippen LogP contribution in [0.15, 0.2) is 0 Å². The van der Waals surface area contributed by atoms with E-state index < -0.39 is 0 Å². The van der Waals surface area contributed by atoms with Crippen LogP contribution in [0, 0.1) is 12.3 Å². The number of nitrogens with zero attached hydrogens (tertiary/aromatic N) is 1. The average molecular weight is 165 g/mol. The van der Waals surface area contributed by atoms with Gasteiger partial charge >= 0.3 is 0 Å². The molecule has 1 spiro atoms. The number of rotatable bonds is 1. The Labute approximate surface area is 73.9 Å². The molecule has 2 fully saturated rings. The van der Waals surface area contributed by atoms with Gasteiger partial charge in [0.1, 0.15) is 0 Å². The summed E-state index contributed by atoms with van der Waals surface area (Å²) in [5, 5.41) is 0. The van der Waals surface area contributed by atoms with Crippen LogP contribution in [0.3, 0.4) is 0 Å². The summed E-state index contributed by atoms with van der Waals surface area (Å²) in [6, 6.07) is 0. The highest BCUT2D eigenvalue weighted by atomic mass is 16.5. The van der Waals surface area contributed by atoms with E-state index in [1.54, 1.807) is 0 Å². The third-order valence-electron chi connectivity index (χ3n) is 3.11. The molecule has 0 radical (unpaired) electrons. The quantitative estimate of drug-likeness (QED) is 0.535. The summed E-state index contributed by atoms with van der Waals surface area (Å²) in [5.74, 6) is 2.73. The zero-order valence-corrected chi connectivity index (χ0v) is 7.38. The molecule has 2 heteroatoms. The van der Waals surface area contributed by atoms with E-state index in [2.05, 4.69) is 10.8 Å². The van der Waals surface area contributed by atoms with Gasteiger partial charge in [-0.1, -0.05) is 5.92 Å². The molecule has 2 nitrogen and oxygen atoms in total. The van der Waals surface area contributed by atoms with Crippen molar-refractivity contribution in [3.63, 3.8) is 0 Å². The molecule has 0 aromatic carbocycles. The van der Waals surface area contributed by atoms with Gasteiger partial charge in [-0.2, -0.15) is 0 Å². The van der Waals surface area contributed by atoms with Gasteiger partial charge in [0.2, 0.25) is 0 Å². The van der Waals surface area contributed by atoms with Gasteiger partial charge in [0, 0.05) is 12.1 Å². The van der Waals surface area contributed by atoms with Crippen molar-refractivity contribution in [2.24, 2.45) is 0 Å². The van der Waals surface area contributed by atoms with Gasteiger partial charge < -0.3 is 4.74 Å². The van der Waals surface area contributed by atoms with Crippen molar-refractivity contribution in [1.29, 1.82) is 0 Å². The largest absolute Gasteiger partial charge is 0.379 e. The Morgan fingerprint density at radius 2 is 2.42 bits per heavy atom. The van der Waals surface area contributed by atoms with Crippen molar-refractivity contribution < 1.29 is 4.74 Å². The van der Waals surface area contributed by atoms with Gasteiger partial charge in [0.25, 0.3) is 0 Å². The second-order valence-corrected chi connectivity index (χ2v) is 3.76. The van der Waals surface area contributed by atoms with Crippen molar-refractivity contribution >= 4 is 0 Å². The van der Waals surface area contributed by atoms with E-state index in [9.17, 15) is 0 Å². The Kier molecular flexibility index (Phi) is 2.08. The fourth-order valence-electron chi connectivity index (χ4n) is 2.39. The van der Waals surface area contributed by atoms with Crippen molar-refractivity contribution in [3.05, 3.63) is 0 Å². The summed E-state index contributed by atoms with van der Waals surface area (Å²) in [6.07, 6.45) is 9.06. The van der Waals surface area contributed by atoms with Gasteiger partial charge in [-0.25, -0.2) is 0 Å². The van der Waals surface area contributed by atoms with Crippen molar-refractivity contribution in [3.8, 4) is 12.3 Å². The number of ether oxygens (including phenoxy) is 1. The Morgan fingerprint density at radius 1 is 1.50 bits per heavy atom. The lowest BCUT2D eigenvalue weighted by Crippen LogP contribution is -2.44. The molecule has 0 amide bonds. The standard InChI is InChI=1S/C10H15NO/c1-2-6-11-7-3-4-10(11)5-8-12-9-10/h1H,3-9H2. The smallest absolute Gasteiger partial charge is 0.0651 e. The summed E-state index contributed by atoms with van der Waals surface area (Å²) in [5.41, 5.74) is 0.326. The summed E-state index contributed by atoms with van der Waals surface area (Å²) >= 11 is 0. The average Bonchev–Trinajstić information content (AvgIpc) is 2.66. The van der Waals surface area contributed by atoms with E-state index in [4.69, 9.17) is 11.2 Å². The third kappa shape index (κ3) is 1.14. The molecule has 0 N–H and O–H groups in total. The van der Waals surface area contributed by atoms with Crippen LogP contribution in [-0.2, 0) is 4.74 Å². The summed E-state index contributed by atoms with van der Waals surface area (Å²) in [6.45, 7) is 3.77. The second-order valence-electron chi connectivity index (χ2n) is 3.76. The molecule has 0 saturated carbocycles. The van der Waals surface area contributed by atoms with Crippen LogP contribution >= 0.6 is 0 Å². The number of terminal acetylenes is 1. The first-order valence-corrected chi connectivity index (χ1v) is 4.64. The molecular formula is C10H15NO. The molecule has 2 aliphatic rings. The molecule has 1 atom stereocenters. The molecule has 1 unspecified atom stereocenters. The fourth-order valence-corrected chi connectivity index (χ4v) is 2.39. The second kappa shape index (κ2) is 3.08. The van der Waals surface area contributed by atoms with Crippen molar-refractivity contribution in [1.82, 2.24) is 4.90 Å². The Bertz CT molecular complexity index is 195. The molecule has 2 rings (SSSR count). The first kappa shape index (κ1) is 8.10. The predicted octanol–water partition coefficient (Wildman–Crippen LogP) is 0.874. The van der Waals surface area contributed by atoms with Crippen molar-refractivity contribution in [2.45, 2.75) is 24.8 Å². The van der Waals surface area contributed by atoms with E-state index in [1.165, 1.54) is 19.3 Å². The van der Waals surface area contributed by atoms with Gasteiger partial charge in [0.15, 0.2) is 0 Å². The van der Waals surface area contributed by atoms with Crippen LogP contribution in [0.5, 0.6) is 0 Å². The zero-order valence-electron chi connectivity index (χ0n) is 7.38. The molecule has 0 aromatic heterocycles. The maximum absolute atomic E-state index is 5.45. The minimum absolute atomic E-state index is 0.326. The number of likely N-dealkylation sites (tertiary alicyclic amines) is 1. The molecule has 66 valence electrons. The molecule has 0 aliphatic carbocycles. The highest BCUT2D eigenvalue weighted by Gasteiger charge is 2.43. The lowest BCUT2D eigenvalue weighted by molar-refractivity contribution is 0.112. The number of hydrogen-bond acceptors (Lipinski definition) is 2. The zero-order chi connectivity index (χ0) is 8.44. The van der Waals surface area contributed by atoms with E-state index in [1.807, 2.05) is 0 Å². The van der Waals surface area contributed by atoms with Crippen molar-refractivity contribution in [2.75, 3.05) is 26.3 Å². The first-order chi connectivity index (χ1) is 5.87. The molecule has 2 aliphatic heterocycles. The molecular weight excluding hydrogens is 150 g/mol. The van der Waals surface area contributed by atoms with E-state index >= 15 is 0 Å². The van der Waals surface area contributed by atoms with E-state index in [0.717, 1.165) is 26.3 Å². The Balaban J connectivity index is 2.07. The molecule has 2 saturated heterocycles. The fraction of sp³-hybridized carbons (Fsp3) is 0.800. The SMILES string of the molecule is C#CCN1CCCC12CCOC2. The molecule has 12 heavy (non-hydrogen) atoms. The normalized spacial score (nSPS) is 35.9. The first-order valence-electron chi connectivity index (χ1n) is 4.64. The Hall–Kier alpha value is -0.520. The minimum Gasteiger partial charge on any atom is -0.379 e. The van der Waals surface area contributed by atoms with Crippen LogP contribution in [0.2, 0.25) is 0 Å². The van der Waals surface area contributed by atoms with Crippen LogP contribution in [0.4, 0.5) is 0 Å². The van der Waals surface area contributed by atoms with Gasteiger partial charge in [-0.15, -0.1) is 6.42 Å².